The SMILES string of the molecule is CN1CCCc2cc(CCCO)ccc2C1. The summed E-state index contributed by atoms with van der Waals surface area (Å²) in [5, 5.41) is 8.84. The summed E-state index contributed by atoms with van der Waals surface area (Å²) in [6.07, 6.45) is 4.33. The van der Waals surface area contributed by atoms with E-state index >= 15 is 0 Å². The topological polar surface area (TPSA) is 23.5 Å². The number of nitrogens with zero attached hydrogens (tertiary/aromatic N) is 1. The molecular weight excluding hydrogens is 198 g/mol. The minimum absolute atomic E-state index is 0.291. The van der Waals surface area contributed by atoms with Crippen molar-refractivity contribution in [3.05, 3.63) is 34.9 Å². The lowest BCUT2D eigenvalue weighted by atomic mass is 9.99. The molecule has 0 aliphatic carbocycles. The van der Waals surface area contributed by atoms with Gasteiger partial charge in [-0.05, 0) is 56.0 Å². The number of rotatable bonds is 3. The summed E-state index contributed by atoms with van der Waals surface area (Å²) in [7, 11) is 2.19. The van der Waals surface area contributed by atoms with Gasteiger partial charge in [0.2, 0.25) is 0 Å². The Hall–Kier alpha value is -0.860. The smallest absolute Gasteiger partial charge is 0.0434 e. The van der Waals surface area contributed by atoms with Crippen molar-refractivity contribution in [3.8, 4) is 0 Å². The molecule has 0 fully saturated rings. The van der Waals surface area contributed by atoms with Gasteiger partial charge in [0.05, 0.1) is 0 Å². The highest BCUT2D eigenvalue weighted by Crippen LogP contribution is 2.20. The number of hydrogen-bond acceptors (Lipinski definition) is 2. The zero-order chi connectivity index (χ0) is 11.4. The van der Waals surface area contributed by atoms with E-state index < -0.39 is 0 Å². The Morgan fingerprint density at radius 2 is 2.19 bits per heavy atom. The molecule has 0 saturated heterocycles. The summed E-state index contributed by atoms with van der Waals surface area (Å²) >= 11 is 0. The van der Waals surface area contributed by atoms with E-state index in [2.05, 4.69) is 30.1 Å². The molecule has 0 spiro atoms. The van der Waals surface area contributed by atoms with Gasteiger partial charge in [0.25, 0.3) is 0 Å². The highest BCUT2D eigenvalue weighted by atomic mass is 16.2. The first kappa shape index (κ1) is 11.6. The summed E-state index contributed by atoms with van der Waals surface area (Å²) in [6.45, 7) is 2.57. The standard InChI is InChI=1S/C14H21NO/c1-15-8-2-5-13-10-12(4-3-9-16)6-7-14(13)11-15/h6-7,10,16H,2-5,8-9,11H2,1H3. The Labute approximate surface area is 97.9 Å². The second-order valence-corrected chi connectivity index (χ2v) is 4.77. The number of benzene rings is 1. The molecule has 88 valence electrons. The van der Waals surface area contributed by atoms with Crippen LogP contribution in [0.5, 0.6) is 0 Å². The molecule has 0 radical (unpaired) electrons. The molecule has 0 unspecified atom stereocenters. The lowest BCUT2D eigenvalue weighted by Crippen LogP contribution is -2.16. The molecule has 0 atom stereocenters. The van der Waals surface area contributed by atoms with E-state index in [0.717, 1.165) is 19.4 Å². The Morgan fingerprint density at radius 3 is 3.00 bits per heavy atom. The summed E-state index contributed by atoms with van der Waals surface area (Å²) < 4.78 is 0. The fraction of sp³-hybridized carbons (Fsp3) is 0.571. The summed E-state index contributed by atoms with van der Waals surface area (Å²) in [4.78, 5) is 2.39. The zero-order valence-corrected chi connectivity index (χ0v) is 10.1. The van der Waals surface area contributed by atoms with Crippen LogP contribution in [0.4, 0.5) is 0 Å². The Balaban J connectivity index is 2.14. The molecule has 1 aromatic carbocycles. The molecule has 1 N–H and O–H groups in total. The van der Waals surface area contributed by atoms with E-state index in [1.54, 1.807) is 0 Å². The summed E-state index contributed by atoms with van der Waals surface area (Å²) in [5.74, 6) is 0. The monoisotopic (exact) mass is 219 g/mol. The maximum atomic E-state index is 8.84. The van der Waals surface area contributed by atoms with Gasteiger partial charge in [-0.3, -0.25) is 0 Å². The second-order valence-electron chi connectivity index (χ2n) is 4.77. The van der Waals surface area contributed by atoms with Crippen molar-refractivity contribution >= 4 is 0 Å². The number of aliphatic hydroxyl groups is 1. The molecule has 16 heavy (non-hydrogen) atoms. The van der Waals surface area contributed by atoms with Gasteiger partial charge in [-0.1, -0.05) is 18.2 Å². The largest absolute Gasteiger partial charge is 0.396 e. The third-order valence-corrected chi connectivity index (χ3v) is 3.32. The van der Waals surface area contributed by atoms with Crippen LogP contribution in [0.1, 0.15) is 29.5 Å². The first-order valence-corrected chi connectivity index (χ1v) is 6.19. The minimum atomic E-state index is 0.291. The fourth-order valence-electron chi connectivity index (χ4n) is 2.41. The number of hydrogen-bond donors (Lipinski definition) is 1. The molecule has 0 amide bonds. The average Bonchev–Trinajstić information content (AvgIpc) is 2.46. The van der Waals surface area contributed by atoms with E-state index in [1.165, 1.54) is 36.1 Å². The average molecular weight is 219 g/mol. The lowest BCUT2D eigenvalue weighted by Gasteiger charge is -2.13. The first-order chi connectivity index (χ1) is 7.79. The van der Waals surface area contributed by atoms with Crippen molar-refractivity contribution in [2.45, 2.75) is 32.2 Å². The zero-order valence-electron chi connectivity index (χ0n) is 10.1. The first-order valence-electron chi connectivity index (χ1n) is 6.19. The molecule has 2 heteroatoms. The molecule has 1 heterocycles. The van der Waals surface area contributed by atoms with Crippen LogP contribution < -0.4 is 0 Å². The van der Waals surface area contributed by atoms with Crippen LogP contribution >= 0.6 is 0 Å². The van der Waals surface area contributed by atoms with Crippen molar-refractivity contribution in [2.24, 2.45) is 0 Å². The highest BCUT2D eigenvalue weighted by Gasteiger charge is 2.11. The van der Waals surface area contributed by atoms with Gasteiger partial charge in [-0.2, -0.15) is 0 Å². The van der Waals surface area contributed by atoms with Crippen LogP contribution in [0, 0.1) is 0 Å². The third-order valence-electron chi connectivity index (χ3n) is 3.32. The van der Waals surface area contributed by atoms with Crippen molar-refractivity contribution in [2.75, 3.05) is 20.2 Å². The predicted octanol–water partition coefficient (Wildman–Crippen LogP) is 1.99. The maximum Gasteiger partial charge on any atom is 0.0434 e. The van der Waals surface area contributed by atoms with Crippen LogP contribution in [-0.2, 0) is 19.4 Å². The van der Waals surface area contributed by atoms with Crippen LogP contribution in [0.15, 0.2) is 18.2 Å². The molecule has 0 bridgehead atoms. The van der Waals surface area contributed by atoms with Gasteiger partial charge in [-0.25, -0.2) is 0 Å². The fourth-order valence-corrected chi connectivity index (χ4v) is 2.41. The molecule has 0 aromatic heterocycles. The Bertz CT molecular complexity index is 349. The van der Waals surface area contributed by atoms with Crippen LogP contribution in [0.2, 0.25) is 0 Å². The minimum Gasteiger partial charge on any atom is -0.396 e. The van der Waals surface area contributed by atoms with Crippen molar-refractivity contribution in [3.63, 3.8) is 0 Å². The molecule has 1 aliphatic heterocycles. The molecule has 1 aliphatic rings. The number of aryl methyl sites for hydroxylation is 2. The molecular formula is C14H21NO. The van der Waals surface area contributed by atoms with Crippen LogP contribution in [-0.4, -0.2) is 30.2 Å². The van der Waals surface area contributed by atoms with Gasteiger partial charge in [0.15, 0.2) is 0 Å². The van der Waals surface area contributed by atoms with Gasteiger partial charge in [0, 0.05) is 13.2 Å². The third kappa shape index (κ3) is 2.83. The van der Waals surface area contributed by atoms with Crippen molar-refractivity contribution in [1.29, 1.82) is 0 Å². The molecule has 2 nitrogen and oxygen atoms in total. The van der Waals surface area contributed by atoms with E-state index in [4.69, 9.17) is 5.11 Å². The Kier molecular flexibility index (Phi) is 3.97. The van der Waals surface area contributed by atoms with E-state index in [-0.39, 0.29) is 0 Å². The van der Waals surface area contributed by atoms with Gasteiger partial charge in [-0.15, -0.1) is 0 Å². The number of fused-ring (bicyclic) bond motifs is 1. The molecule has 0 saturated carbocycles. The lowest BCUT2D eigenvalue weighted by molar-refractivity contribution is 0.288. The quantitative estimate of drug-likeness (QED) is 0.840. The van der Waals surface area contributed by atoms with Gasteiger partial charge < -0.3 is 10.0 Å². The van der Waals surface area contributed by atoms with Crippen LogP contribution in [0.25, 0.3) is 0 Å². The molecule has 1 aromatic rings. The van der Waals surface area contributed by atoms with Crippen LogP contribution in [0.3, 0.4) is 0 Å². The van der Waals surface area contributed by atoms with E-state index in [1.807, 2.05) is 0 Å². The summed E-state index contributed by atoms with van der Waals surface area (Å²) in [5.41, 5.74) is 4.37. The van der Waals surface area contributed by atoms with Crippen molar-refractivity contribution < 1.29 is 5.11 Å². The summed E-state index contributed by atoms with van der Waals surface area (Å²) in [6, 6.07) is 6.82. The molecule has 2 rings (SSSR count). The maximum absolute atomic E-state index is 8.84. The second kappa shape index (κ2) is 5.46. The Morgan fingerprint density at radius 1 is 1.31 bits per heavy atom. The van der Waals surface area contributed by atoms with Gasteiger partial charge in [0.1, 0.15) is 0 Å². The highest BCUT2D eigenvalue weighted by molar-refractivity contribution is 5.33. The van der Waals surface area contributed by atoms with E-state index in [0.29, 0.717) is 6.61 Å². The van der Waals surface area contributed by atoms with Gasteiger partial charge >= 0.3 is 0 Å². The van der Waals surface area contributed by atoms with E-state index in [9.17, 15) is 0 Å². The predicted molar refractivity (Wildman–Crippen MR) is 66.5 cm³/mol. The van der Waals surface area contributed by atoms with Crippen molar-refractivity contribution in [1.82, 2.24) is 4.90 Å². The normalized spacial score (nSPS) is 16.9. The number of aliphatic hydroxyl groups excluding tert-OH is 1.